The van der Waals surface area contributed by atoms with Crippen molar-refractivity contribution in [2.45, 2.75) is 96.1 Å². The summed E-state index contributed by atoms with van der Waals surface area (Å²) in [5, 5.41) is 24.6. The normalized spacial score (nSPS) is 39.4. The van der Waals surface area contributed by atoms with Crippen molar-refractivity contribution in [1.82, 2.24) is 0 Å². The Morgan fingerprint density at radius 1 is 0.878 bits per heavy atom. The van der Waals surface area contributed by atoms with Gasteiger partial charge in [0.25, 0.3) is 0 Å². The molecule has 4 fully saturated rings. The summed E-state index contributed by atoms with van der Waals surface area (Å²) in [5.41, 5.74) is -7.79. The van der Waals surface area contributed by atoms with Gasteiger partial charge in [-0.05, 0) is 24.6 Å². The highest BCUT2D eigenvalue weighted by Crippen LogP contribution is 2.67. The average molecular weight is 687 g/mol. The molecule has 14 nitrogen and oxygen atoms in total. The number of rotatable bonds is 7. The van der Waals surface area contributed by atoms with Gasteiger partial charge in [-0.15, -0.1) is 0 Å². The standard InChI is InChI=1S/C35H42O14/c1-17-23(40)13-25(46-18(2)36)34(16-44-31(42)22-11-9-8-10-12-22)26(17)28(47-19(3)37)27-24(41)14-33(7)35(43,32(27,6)15-45-33)30(49-21(5)39)29(34)48-20(4)38/h8-12,23,25-30,40,43H,1,13-16H2,2-7H3/t23-,25-,26-,27-,28+,29-,30-,32-,33-,34+,35-/m0/s1. The quantitative estimate of drug-likeness (QED) is 0.238. The number of benzene rings is 1. The number of ketones is 1. The molecular formula is C35H42O14. The molecule has 4 bridgehead atoms. The Labute approximate surface area is 283 Å². The molecule has 11 atom stereocenters. The lowest BCUT2D eigenvalue weighted by molar-refractivity contribution is -0.303. The molecule has 0 radical (unpaired) electrons. The first-order chi connectivity index (χ1) is 22.8. The van der Waals surface area contributed by atoms with Crippen LogP contribution in [0.4, 0.5) is 0 Å². The minimum absolute atomic E-state index is 0.0294. The topological polar surface area (TPSA) is 198 Å². The highest BCUT2D eigenvalue weighted by molar-refractivity contribution is 5.89. The second-order valence-electron chi connectivity index (χ2n) is 13.9. The summed E-state index contributed by atoms with van der Waals surface area (Å²) in [4.78, 5) is 79.7. The fourth-order valence-corrected chi connectivity index (χ4v) is 8.99. The van der Waals surface area contributed by atoms with E-state index < -0.39 is 119 Å². The van der Waals surface area contributed by atoms with Crippen LogP contribution in [0.3, 0.4) is 0 Å². The van der Waals surface area contributed by atoms with E-state index in [0.717, 1.165) is 27.7 Å². The van der Waals surface area contributed by atoms with Gasteiger partial charge >= 0.3 is 29.8 Å². The molecule has 3 saturated carbocycles. The molecule has 5 rings (SSSR count). The summed E-state index contributed by atoms with van der Waals surface area (Å²) >= 11 is 0. The molecule has 49 heavy (non-hydrogen) atoms. The number of Topliss-reactive ketones (excluding diaryl/α,β-unsaturated/α-hetero) is 1. The third-order valence-electron chi connectivity index (χ3n) is 10.9. The van der Waals surface area contributed by atoms with E-state index in [0.29, 0.717) is 0 Å². The van der Waals surface area contributed by atoms with Crippen LogP contribution in [0.1, 0.15) is 64.7 Å². The zero-order valence-corrected chi connectivity index (χ0v) is 28.3. The molecule has 2 N–H and O–H groups in total. The van der Waals surface area contributed by atoms with E-state index in [4.69, 9.17) is 28.4 Å². The highest BCUT2D eigenvalue weighted by Gasteiger charge is 2.83. The van der Waals surface area contributed by atoms with Gasteiger partial charge in [0.15, 0.2) is 12.2 Å². The van der Waals surface area contributed by atoms with Crippen LogP contribution in [0.2, 0.25) is 0 Å². The van der Waals surface area contributed by atoms with E-state index >= 15 is 0 Å². The van der Waals surface area contributed by atoms with E-state index in [2.05, 4.69) is 6.58 Å². The zero-order valence-electron chi connectivity index (χ0n) is 28.3. The molecule has 0 aromatic heterocycles. The maximum absolute atomic E-state index is 14.3. The van der Waals surface area contributed by atoms with Crippen molar-refractivity contribution in [3.05, 3.63) is 48.0 Å². The SMILES string of the molecule is C=C1[C@@H](O)C[C@H](OC(C)=O)[C@@]2(COC(=O)c3ccccc3)[C@@H](OC(C)=O)[C@H](OC(C)=O)[C@]3(O)[C@@]4(C)CO[C@@]3(C)CC(=O)[C@H]4[C@H](OC(C)=O)[C@H]12. The number of ether oxygens (including phenoxy) is 6. The number of fused-ring (bicyclic) bond motifs is 1. The van der Waals surface area contributed by atoms with Crippen molar-refractivity contribution in [1.29, 1.82) is 0 Å². The largest absolute Gasteiger partial charge is 0.462 e. The maximum atomic E-state index is 14.3. The Balaban J connectivity index is 1.91. The minimum Gasteiger partial charge on any atom is -0.462 e. The first-order valence-corrected chi connectivity index (χ1v) is 16.0. The number of carbonyl (C=O) groups excluding carboxylic acids is 6. The van der Waals surface area contributed by atoms with Crippen LogP contribution in [0.15, 0.2) is 42.5 Å². The maximum Gasteiger partial charge on any atom is 0.338 e. The molecule has 266 valence electrons. The van der Waals surface area contributed by atoms with E-state index in [9.17, 15) is 39.0 Å². The van der Waals surface area contributed by atoms with Gasteiger partial charge in [-0.25, -0.2) is 4.79 Å². The van der Waals surface area contributed by atoms with E-state index in [1.54, 1.807) is 18.2 Å². The van der Waals surface area contributed by atoms with Crippen molar-refractivity contribution in [3.63, 3.8) is 0 Å². The molecule has 1 aliphatic heterocycles. The molecule has 0 amide bonds. The predicted molar refractivity (Wildman–Crippen MR) is 165 cm³/mol. The molecule has 1 heterocycles. The molecule has 1 aromatic carbocycles. The fraction of sp³-hybridized carbons (Fsp3) is 0.600. The van der Waals surface area contributed by atoms with Crippen LogP contribution in [0.5, 0.6) is 0 Å². The summed E-state index contributed by atoms with van der Waals surface area (Å²) in [5.74, 6) is -7.79. The van der Waals surface area contributed by atoms with Gasteiger partial charge in [0.2, 0.25) is 0 Å². The van der Waals surface area contributed by atoms with Gasteiger partial charge < -0.3 is 38.6 Å². The lowest BCUT2D eigenvalue weighted by Crippen LogP contribution is -2.80. The molecule has 3 aliphatic carbocycles. The lowest BCUT2D eigenvalue weighted by Gasteiger charge is -2.64. The highest BCUT2D eigenvalue weighted by atomic mass is 16.6. The van der Waals surface area contributed by atoms with Gasteiger partial charge in [-0.3, -0.25) is 24.0 Å². The van der Waals surface area contributed by atoms with E-state index in [1.165, 1.54) is 26.0 Å². The Morgan fingerprint density at radius 3 is 2.02 bits per heavy atom. The number of carbonyl (C=O) groups is 6. The summed E-state index contributed by atoms with van der Waals surface area (Å²) in [7, 11) is 0. The van der Waals surface area contributed by atoms with Gasteiger partial charge in [0, 0.05) is 51.9 Å². The third kappa shape index (κ3) is 5.53. The summed E-state index contributed by atoms with van der Waals surface area (Å²) < 4.78 is 35.9. The molecular weight excluding hydrogens is 644 g/mol. The molecule has 1 aromatic rings. The van der Waals surface area contributed by atoms with Crippen molar-refractivity contribution < 1.29 is 67.4 Å². The molecule has 0 unspecified atom stereocenters. The monoisotopic (exact) mass is 686 g/mol. The number of aliphatic hydroxyl groups excluding tert-OH is 1. The molecule has 1 saturated heterocycles. The van der Waals surface area contributed by atoms with Crippen LogP contribution in [-0.2, 0) is 52.4 Å². The van der Waals surface area contributed by atoms with Crippen molar-refractivity contribution in [2.75, 3.05) is 13.2 Å². The molecule has 0 spiro atoms. The smallest absolute Gasteiger partial charge is 0.338 e. The van der Waals surface area contributed by atoms with Gasteiger partial charge in [-0.2, -0.15) is 0 Å². The number of esters is 5. The van der Waals surface area contributed by atoms with Crippen LogP contribution >= 0.6 is 0 Å². The van der Waals surface area contributed by atoms with E-state index in [-0.39, 0.29) is 17.7 Å². The van der Waals surface area contributed by atoms with Crippen LogP contribution in [0.25, 0.3) is 0 Å². The molecule has 14 heteroatoms. The second kappa shape index (κ2) is 12.6. The minimum atomic E-state index is -2.34. The Morgan fingerprint density at radius 2 is 1.45 bits per heavy atom. The number of hydrogen-bond acceptors (Lipinski definition) is 14. The van der Waals surface area contributed by atoms with Gasteiger partial charge in [0.05, 0.1) is 29.6 Å². The predicted octanol–water partition coefficient (Wildman–Crippen LogP) is 1.62. The fourth-order valence-electron chi connectivity index (χ4n) is 8.99. The van der Waals surface area contributed by atoms with Crippen molar-refractivity contribution in [3.8, 4) is 0 Å². The average Bonchev–Trinajstić information content (AvgIpc) is 3.12. The van der Waals surface area contributed by atoms with Crippen molar-refractivity contribution >= 4 is 35.6 Å². The lowest BCUT2D eigenvalue weighted by atomic mass is 9.43. The molecule has 4 aliphatic rings. The Kier molecular flexibility index (Phi) is 9.32. The van der Waals surface area contributed by atoms with Crippen molar-refractivity contribution in [2.24, 2.45) is 22.7 Å². The summed E-state index contributed by atoms with van der Waals surface area (Å²) in [6.07, 6.45) is -9.09. The van der Waals surface area contributed by atoms with Crippen LogP contribution in [0, 0.1) is 22.7 Å². The number of hydrogen-bond donors (Lipinski definition) is 2. The van der Waals surface area contributed by atoms with Crippen LogP contribution < -0.4 is 0 Å². The van der Waals surface area contributed by atoms with Crippen LogP contribution in [-0.4, -0.2) is 101 Å². The Hall–Kier alpha value is -4.14. The zero-order chi connectivity index (χ0) is 36.3. The van der Waals surface area contributed by atoms with Gasteiger partial charge in [-0.1, -0.05) is 31.7 Å². The second-order valence-corrected chi connectivity index (χ2v) is 13.9. The van der Waals surface area contributed by atoms with E-state index in [1.807, 2.05) is 0 Å². The third-order valence-corrected chi connectivity index (χ3v) is 10.9. The van der Waals surface area contributed by atoms with Gasteiger partial charge in [0.1, 0.15) is 35.8 Å². The first-order valence-electron chi connectivity index (χ1n) is 16.0. The number of aliphatic hydroxyl groups is 2. The Bertz CT molecular complexity index is 1570. The summed E-state index contributed by atoms with van der Waals surface area (Å²) in [6, 6.07) is 7.85. The first kappa shape index (κ1) is 36.1. The summed E-state index contributed by atoms with van der Waals surface area (Å²) in [6.45, 7) is 10.4.